The fraction of sp³-hybridized carbons (Fsp3) is 0.208. The van der Waals surface area contributed by atoms with Crippen molar-refractivity contribution in [2.24, 2.45) is 0 Å². The Morgan fingerprint density at radius 1 is 0.608 bits per heavy atom. The Kier molecular flexibility index (Phi) is 23.0. The maximum Gasteiger partial charge on any atom is 0.396 e. The maximum absolute atomic E-state index is 13.2. The number of anilines is 3. The van der Waals surface area contributed by atoms with Gasteiger partial charge in [0.1, 0.15) is 24.3 Å². The van der Waals surface area contributed by atoms with E-state index in [2.05, 4.69) is 5.32 Å². The minimum absolute atomic E-state index is 0. The van der Waals surface area contributed by atoms with Crippen LogP contribution in [-0.4, -0.2) is 74.3 Å². The van der Waals surface area contributed by atoms with E-state index in [-0.39, 0.29) is 55.5 Å². The lowest BCUT2D eigenvalue weighted by molar-refractivity contribution is -0.138. The summed E-state index contributed by atoms with van der Waals surface area (Å²) in [5, 5.41) is 12.5. The van der Waals surface area contributed by atoms with Gasteiger partial charge in [0.25, 0.3) is 0 Å². The van der Waals surface area contributed by atoms with Gasteiger partial charge in [-0.05, 0) is 95.6 Å². The number of fused-ring (bicyclic) bond motifs is 1. The number of alkyl halides is 9. The molecule has 11 nitrogen and oxygen atoms in total. The third-order valence-electron chi connectivity index (χ3n) is 10.0. The van der Waals surface area contributed by atoms with Gasteiger partial charge in [0.15, 0.2) is 17.6 Å². The van der Waals surface area contributed by atoms with E-state index in [1.54, 1.807) is 66.7 Å². The van der Waals surface area contributed by atoms with Gasteiger partial charge in [-0.1, -0.05) is 80.2 Å². The summed E-state index contributed by atoms with van der Waals surface area (Å²) in [6, 6.07) is 38.9. The van der Waals surface area contributed by atoms with Crippen LogP contribution in [0.5, 0.6) is 11.5 Å². The standard InChI is InChI=1S/C19H16F3NO2.C18H16F3NO4.C9H8F3NO.C6H7N.CH4.B/c1-12(24)23-17-6-4-3-5-15(17)16(11-19(20,21)22)18(23)13-7-9-14(25-2)10-8-13;1-26-12-8-6-11(7-9-12)16(17(24)25)22-14-5-3-2-4-13(14)15(23)10-18(19,20)21;10-9(11,12)5-8(14)6-3-1-2-4-7(6)13;7-6-4-2-1-3-5-6;;/h3-10H,11H2,1-2H3;2-9,16,22H,10H2,1H3,(H,24,25);1-4H,5,13H2;1-5H,7H2;1H4;. The predicted molar refractivity (Wildman–Crippen MR) is 268 cm³/mol. The largest absolute Gasteiger partial charge is 0.497 e. The number of hydrogen-bond acceptors (Lipinski definition) is 9. The predicted octanol–water partition coefficient (Wildman–Crippen LogP) is 13.1. The summed E-state index contributed by atoms with van der Waals surface area (Å²) in [5.74, 6) is -2.61. The molecular formula is C53H51BF9N4O7. The summed E-state index contributed by atoms with van der Waals surface area (Å²) < 4.78 is 124. The Morgan fingerprint density at radius 3 is 1.53 bits per heavy atom. The van der Waals surface area contributed by atoms with Crippen molar-refractivity contribution < 1.29 is 73.3 Å². The third kappa shape index (κ3) is 18.7. The molecule has 6 aromatic carbocycles. The molecule has 0 spiro atoms. The highest BCUT2D eigenvalue weighted by Crippen LogP contribution is 2.38. The number of carboxylic acid groups (broad SMARTS) is 1. The number of carboxylic acids is 1. The van der Waals surface area contributed by atoms with Gasteiger partial charge in [-0.2, -0.15) is 39.5 Å². The quantitative estimate of drug-likeness (QED) is 0.0399. The van der Waals surface area contributed by atoms with Crippen molar-refractivity contribution in [2.45, 2.75) is 58.2 Å². The van der Waals surface area contributed by atoms with Gasteiger partial charge in [0.2, 0.25) is 5.91 Å². The first kappa shape index (κ1) is 61.9. The van der Waals surface area contributed by atoms with Gasteiger partial charge < -0.3 is 31.4 Å². The van der Waals surface area contributed by atoms with Crippen LogP contribution < -0.4 is 26.3 Å². The smallest absolute Gasteiger partial charge is 0.396 e. The average molecular weight is 1040 g/mol. The highest BCUT2D eigenvalue weighted by atomic mass is 19.4. The number of ketones is 2. The molecule has 3 radical (unpaired) electrons. The van der Waals surface area contributed by atoms with Crippen molar-refractivity contribution in [3.63, 3.8) is 0 Å². The topological polar surface area (TPSA) is 176 Å². The Morgan fingerprint density at radius 2 is 1.07 bits per heavy atom. The van der Waals surface area contributed by atoms with Crippen LogP contribution in [0, 0.1) is 0 Å². The minimum atomic E-state index is -4.65. The molecule has 1 heterocycles. The number of halogens is 9. The van der Waals surface area contributed by atoms with E-state index in [1.807, 2.05) is 30.3 Å². The van der Waals surface area contributed by atoms with Gasteiger partial charge in [-0.3, -0.25) is 19.0 Å². The lowest BCUT2D eigenvalue weighted by atomic mass is 10.0. The van der Waals surface area contributed by atoms with E-state index >= 15 is 0 Å². The first-order valence-electron chi connectivity index (χ1n) is 21.2. The number of Topliss-reactive ketones (excluding diaryl/α,β-unsaturated/α-hetero) is 2. The Hall–Kier alpha value is -8.23. The second kappa shape index (κ2) is 27.6. The van der Waals surface area contributed by atoms with Gasteiger partial charge in [-0.15, -0.1) is 0 Å². The lowest BCUT2D eigenvalue weighted by Crippen LogP contribution is -2.22. The van der Waals surface area contributed by atoms with Crippen molar-refractivity contribution in [1.29, 1.82) is 0 Å². The van der Waals surface area contributed by atoms with E-state index < -0.39 is 61.4 Å². The monoisotopic (exact) mass is 1040 g/mol. The summed E-state index contributed by atoms with van der Waals surface area (Å²) in [6.45, 7) is 1.34. The number of rotatable bonds is 12. The second-order valence-electron chi connectivity index (χ2n) is 15.4. The number of hydrogen-bond donors (Lipinski definition) is 4. The lowest BCUT2D eigenvalue weighted by Gasteiger charge is -2.19. The summed E-state index contributed by atoms with van der Waals surface area (Å²) in [4.78, 5) is 46.8. The molecule has 0 bridgehead atoms. The number of aromatic nitrogens is 1. The van der Waals surface area contributed by atoms with Gasteiger partial charge in [-0.25, -0.2) is 4.79 Å². The van der Waals surface area contributed by atoms with Crippen LogP contribution in [0.15, 0.2) is 152 Å². The fourth-order valence-electron chi connectivity index (χ4n) is 6.92. The molecule has 74 heavy (non-hydrogen) atoms. The summed E-state index contributed by atoms with van der Waals surface area (Å²) in [5.41, 5.74) is 13.1. The van der Waals surface area contributed by atoms with Gasteiger partial charge in [0, 0.05) is 48.9 Å². The molecular weight excluding hydrogens is 986 g/mol. The molecule has 1 atom stereocenters. The van der Waals surface area contributed by atoms with E-state index in [0.717, 1.165) is 5.69 Å². The Bertz CT molecular complexity index is 2930. The van der Waals surface area contributed by atoms with Crippen LogP contribution in [0.2, 0.25) is 0 Å². The number of nitrogens with one attached hydrogen (secondary N) is 1. The molecule has 0 aliphatic heterocycles. The maximum atomic E-state index is 13.2. The number of nitrogens with two attached hydrogens (primary N) is 2. The molecule has 0 aliphatic rings. The average Bonchev–Trinajstić information content (AvgIpc) is 3.63. The van der Waals surface area contributed by atoms with Crippen molar-refractivity contribution in [1.82, 2.24) is 4.57 Å². The van der Waals surface area contributed by atoms with Gasteiger partial charge in [0.05, 0.1) is 31.9 Å². The van der Waals surface area contributed by atoms with E-state index in [1.165, 1.54) is 80.3 Å². The van der Waals surface area contributed by atoms with E-state index in [0.29, 0.717) is 33.5 Å². The molecule has 7 aromatic rings. The molecule has 391 valence electrons. The number of aliphatic carboxylic acids is 1. The summed E-state index contributed by atoms with van der Waals surface area (Å²) in [7, 11) is 2.97. The van der Waals surface area contributed by atoms with Gasteiger partial charge >= 0.3 is 24.5 Å². The number of nitrogens with zero attached hydrogens (tertiary/aromatic N) is 1. The highest BCUT2D eigenvalue weighted by molar-refractivity contribution is 6.03. The molecule has 6 N–H and O–H groups in total. The zero-order valence-corrected chi connectivity index (χ0v) is 39.1. The molecule has 0 aliphatic carbocycles. The molecule has 0 saturated heterocycles. The molecule has 0 amide bonds. The third-order valence-corrected chi connectivity index (χ3v) is 10.0. The molecule has 21 heteroatoms. The number of methoxy groups -OCH3 is 2. The fourth-order valence-corrected chi connectivity index (χ4v) is 6.92. The van der Waals surface area contributed by atoms with Crippen molar-refractivity contribution in [3.8, 4) is 22.8 Å². The van der Waals surface area contributed by atoms with Crippen LogP contribution in [0.4, 0.5) is 56.6 Å². The van der Waals surface area contributed by atoms with Crippen molar-refractivity contribution in [3.05, 3.63) is 174 Å². The van der Waals surface area contributed by atoms with Crippen LogP contribution >= 0.6 is 0 Å². The number of benzene rings is 6. The molecule has 0 saturated carbocycles. The normalized spacial score (nSPS) is 11.2. The zero-order valence-electron chi connectivity index (χ0n) is 39.1. The number of carbonyl (C=O) groups is 4. The first-order chi connectivity index (χ1) is 33.8. The number of carbonyl (C=O) groups excluding carboxylic acids is 3. The van der Waals surface area contributed by atoms with Crippen LogP contribution in [0.1, 0.15) is 69.9 Å². The zero-order chi connectivity index (χ0) is 53.4. The van der Waals surface area contributed by atoms with Crippen LogP contribution in [0.25, 0.3) is 22.2 Å². The first-order valence-corrected chi connectivity index (χ1v) is 21.2. The molecule has 1 unspecified atom stereocenters. The minimum Gasteiger partial charge on any atom is -0.497 e. The van der Waals surface area contributed by atoms with Crippen LogP contribution in [0.3, 0.4) is 0 Å². The van der Waals surface area contributed by atoms with Crippen molar-refractivity contribution >= 4 is 59.8 Å². The molecule has 7 rings (SSSR count). The SMILES string of the molecule is C.COc1ccc(-c2c(CC(F)(F)F)c3ccccc3n2C(C)=O)cc1.COc1ccc(C(Nc2ccccc2C(=O)CC(F)(F)F)C(=O)O)cc1.Nc1ccccc1.Nc1ccccc1C(=O)CC(F)(F)F.[B]. The molecule has 0 fully saturated rings. The number of para-hydroxylation sites is 4. The highest BCUT2D eigenvalue weighted by Gasteiger charge is 2.35. The number of ether oxygens (including phenoxy) is 2. The van der Waals surface area contributed by atoms with Crippen LogP contribution in [-0.2, 0) is 11.2 Å². The van der Waals surface area contributed by atoms with E-state index in [4.69, 9.17) is 20.9 Å². The molecule has 1 aromatic heterocycles. The summed E-state index contributed by atoms with van der Waals surface area (Å²) >= 11 is 0. The van der Waals surface area contributed by atoms with Crippen molar-refractivity contribution in [2.75, 3.05) is 31.0 Å². The second-order valence-corrected chi connectivity index (χ2v) is 15.4. The number of nitrogen functional groups attached to an aromatic ring is 2. The Balaban J connectivity index is 0.000000363. The summed E-state index contributed by atoms with van der Waals surface area (Å²) in [6.07, 6.45) is -17.7. The Labute approximate surface area is 422 Å². The van der Waals surface area contributed by atoms with E-state index in [9.17, 15) is 63.8 Å².